The molecule has 0 saturated carbocycles. The van der Waals surface area contributed by atoms with Crippen LogP contribution < -0.4 is 14.2 Å². The van der Waals surface area contributed by atoms with Gasteiger partial charge in [0.15, 0.2) is 11.5 Å². The van der Waals surface area contributed by atoms with Gasteiger partial charge >= 0.3 is 0 Å². The lowest BCUT2D eigenvalue weighted by Gasteiger charge is -2.23. The minimum Gasteiger partial charge on any atom is -0.493 e. The van der Waals surface area contributed by atoms with Gasteiger partial charge in [-0.3, -0.25) is 4.90 Å². The van der Waals surface area contributed by atoms with Crippen LogP contribution in [0.4, 0.5) is 0 Å². The van der Waals surface area contributed by atoms with E-state index in [1.165, 1.54) is 52.7 Å². The third kappa shape index (κ3) is 4.46. The summed E-state index contributed by atoms with van der Waals surface area (Å²) in [6.07, 6.45) is 4.59. The maximum atomic E-state index is 5.97. The van der Waals surface area contributed by atoms with E-state index in [0.29, 0.717) is 0 Å². The fourth-order valence-corrected chi connectivity index (χ4v) is 4.85. The highest BCUT2D eigenvalue weighted by molar-refractivity contribution is 9.11. The predicted octanol–water partition coefficient (Wildman–Crippen LogP) is 5.28. The molecule has 0 aromatic heterocycles. The van der Waals surface area contributed by atoms with E-state index in [2.05, 4.69) is 57.2 Å². The van der Waals surface area contributed by atoms with Gasteiger partial charge in [-0.05, 0) is 85.3 Å². The molecule has 1 aliphatic carbocycles. The van der Waals surface area contributed by atoms with Gasteiger partial charge in [-0.15, -0.1) is 0 Å². The molecule has 0 N–H and O–H groups in total. The van der Waals surface area contributed by atoms with Crippen molar-refractivity contribution in [2.75, 3.05) is 40.5 Å². The van der Waals surface area contributed by atoms with Gasteiger partial charge in [0.25, 0.3) is 0 Å². The Morgan fingerprint density at radius 1 is 0.931 bits per heavy atom. The zero-order valence-corrected chi connectivity index (χ0v) is 18.8. The van der Waals surface area contributed by atoms with Crippen molar-refractivity contribution in [2.45, 2.75) is 25.7 Å². The van der Waals surface area contributed by atoms with E-state index in [9.17, 15) is 0 Å². The zero-order valence-electron chi connectivity index (χ0n) is 17.2. The van der Waals surface area contributed by atoms with Gasteiger partial charge in [-0.2, -0.15) is 0 Å². The molecular formula is C24H28BrNO3. The Morgan fingerprint density at radius 2 is 1.62 bits per heavy atom. The lowest BCUT2D eigenvalue weighted by molar-refractivity contribution is 0.238. The Bertz CT molecular complexity index is 886. The van der Waals surface area contributed by atoms with Gasteiger partial charge < -0.3 is 14.2 Å². The number of likely N-dealkylation sites (tertiary alicyclic amines) is 1. The molecule has 4 rings (SSSR count). The minimum absolute atomic E-state index is 0.742. The molecule has 0 unspecified atom stereocenters. The number of fused-ring (bicyclic) bond motifs is 1. The molecule has 1 aliphatic heterocycles. The Hall–Kier alpha value is -1.98. The van der Waals surface area contributed by atoms with Crippen LogP contribution >= 0.6 is 15.9 Å². The predicted molar refractivity (Wildman–Crippen MR) is 120 cm³/mol. The van der Waals surface area contributed by atoms with E-state index in [1.807, 2.05) is 0 Å². The number of hydrogen-bond donors (Lipinski definition) is 0. The molecule has 0 amide bonds. The fraction of sp³-hybridized carbons (Fsp3) is 0.417. The third-order valence-electron chi connectivity index (χ3n) is 5.78. The van der Waals surface area contributed by atoms with Crippen LogP contribution in [0.25, 0.3) is 5.57 Å². The van der Waals surface area contributed by atoms with Crippen LogP contribution in [-0.2, 0) is 6.42 Å². The van der Waals surface area contributed by atoms with Crippen LogP contribution in [0.1, 0.15) is 36.0 Å². The maximum Gasteiger partial charge on any atom is 0.161 e. The summed E-state index contributed by atoms with van der Waals surface area (Å²) in [6, 6.07) is 12.6. The molecule has 0 atom stereocenters. The summed E-state index contributed by atoms with van der Waals surface area (Å²) in [5.74, 6) is 2.46. The number of ether oxygens (including phenoxy) is 3. The first-order chi connectivity index (χ1) is 14.2. The monoisotopic (exact) mass is 457 g/mol. The van der Waals surface area contributed by atoms with Gasteiger partial charge in [0.1, 0.15) is 12.4 Å². The summed E-state index contributed by atoms with van der Waals surface area (Å²) >= 11 is 3.81. The molecule has 4 nitrogen and oxygen atoms in total. The molecule has 0 spiro atoms. The number of hydrogen-bond acceptors (Lipinski definition) is 4. The molecule has 1 fully saturated rings. The van der Waals surface area contributed by atoms with Crippen LogP contribution in [0, 0.1) is 0 Å². The van der Waals surface area contributed by atoms with Crippen LogP contribution in [0.3, 0.4) is 0 Å². The van der Waals surface area contributed by atoms with Crippen molar-refractivity contribution < 1.29 is 14.2 Å². The molecule has 1 heterocycles. The molecule has 1 saturated heterocycles. The van der Waals surface area contributed by atoms with Crippen LogP contribution in [0.15, 0.2) is 40.9 Å². The number of allylic oxidation sites excluding steroid dienone is 1. The fourth-order valence-electron chi connectivity index (χ4n) is 4.20. The maximum absolute atomic E-state index is 5.97. The Balaban J connectivity index is 1.53. The quantitative estimate of drug-likeness (QED) is 0.565. The molecular weight excluding hydrogens is 430 g/mol. The topological polar surface area (TPSA) is 30.9 Å². The average Bonchev–Trinajstić information content (AvgIpc) is 3.27. The van der Waals surface area contributed by atoms with Crippen molar-refractivity contribution in [3.63, 3.8) is 0 Å². The lowest BCUT2D eigenvalue weighted by Crippen LogP contribution is -2.25. The SMILES string of the molecule is COc1cc2c(cc1OC)C(c1ccc(OCCN3CCCC3)cc1)=C(Br)CC2. The second-order valence-electron chi connectivity index (χ2n) is 7.57. The minimum atomic E-state index is 0.742. The zero-order chi connectivity index (χ0) is 20.2. The van der Waals surface area contributed by atoms with Crippen LogP contribution in [0.2, 0.25) is 0 Å². The largest absolute Gasteiger partial charge is 0.493 e. The second-order valence-corrected chi connectivity index (χ2v) is 8.52. The van der Waals surface area contributed by atoms with Gasteiger partial charge in [-0.1, -0.05) is 28.1 Å². The Morgan fingerprint density at radius 3 is 2.31 bits per heavy atom. The van der Waals surface area contributed by atoms with Gasteiger partial charge in [0, 0.05) is 11.0 Å². The number of aryl methyl sites for hydroxylation is 1. The highest BCUT2D eigenvalue weighted by Gasteiger charge is 2.22. The number of benzene rings is 2. The smallest absolute Gasteiger partial charge is 0.161 e. The van der Waals surface area contributed by atoms with E-state index >= 15 is 0 Å². The highest BCUT2D eigenvalue weighted by atomic mass is 79.9. The number of nitrogens with zero attached hydrogens (tertiary/aromatic N) is 1. The Kier molecular flexibility index (Phi) is 6.46. The lowest BCUT2D eigenvalue weighted by atomic mass is 9.86. The van der Waals surface area contributed by atoms with E-state index < -0.39 is 0 Å². The van der Waals surface area contributed by atoms with E-state index in [-0.39, 0.29) is 0 Å². The summed E-state index contributed by atoms with van der Waals surface area (Å²) < 4.78 is 18.2. The summed E-state index contributed by atoms with van der Waals surface area (Å²) in [7, 11) is 3.36. The van der Waals surface area contributed by atoms with Crippen molar-refractivity contribution >= 4 is 21.5 Å². The number of halogens is 1. The van der Waals surface area contributed by atoms with Crippen molar-refractivity contribution in [3.05, 3.63) is 57.6 Å². The molecule has 2 aromatic rings. The Labute approximate surface area is 181 Å². The molecule has 5 heteroatoms. The summed E-state index contributed by atoms with van der Waals surface area (Å²) in [5, 5.41) is 0. The summed E-state index contributed by atoms with van der Waals surface area (Å²) in [5.41, 5.74) is 4.88. The molecule has 0 radical (unpaired) electrons. The second kappa shape index (κ2) is 9.23. The first kappa shape index (κ1) is 20.3. The van der Waals surface area contributed by atoms with E-state index in [0.717, 1.165) is 43.2 Å². The number of methoxy groups -OCH3 is 2. The molecule has 154 valence electrons. The standard InChI is InChI=1S/C24H28BrNO3/c1-27-22-15-18-7-10-21(25)24(20(18)16-23(22)28-2)17-5-8-19(9-6-17)29-14-13-26-11-3-4-12-26/h5-6,8-9,15-16H,3-4,7,10-14H2,1-2H3. The van der Waals surface area contributed by atoms with E-state index in [1.54, 1.807) is 14.2 Å². The molecule has 0 bridgehead atoms. The molecule has 29 heavy (non-hydrogen) atoms. The molecule has 2 aromatic carbocycles. The number of rotatable bonds is 7. The van der Waals surface area contributed by atoms with Gasteiger partial charge in [0.2, 0.25) is 0 Å². The van der Waals surface area contributed by atoms with E-state index in [4.69, 9.17) is 14.2 Å². The highest BCUT2D eigenvalue weighted by Crippen LogP contribution is 2.43. The van der Waals surface area contributed by atoms with Crippen molar-refractivity contribution in [2.24, 2.45) is 0 Å². The first-order valence-corrected chi connectivity index (χ1v) is 11.1. The van der Waals surface area contributed by atoms with Crippen molar-refractivity contribution in [3.8, 4) is 17.2 Å². The van der Waals surface area contributed by atoms with Gasteiger partial charge in [0.05, 0.1) is 14.2 Å². The summed E-state index contributed by atoms with van der Waals surface area (Å²) in [4.78, 5) is 2.47. The van der Waals surface area contributed by atoms with Crippen molar-refractivity contribution in [1.29, 1.82) is 0 Å². The molecule has 2 aliphatic rings. The normalized spacial score (nSPS) is 16.7. The van der Waals surface area contributed by atoms with Crippen LogP contribution in [-0.4, -0.2) is 45.4 Å². The van der Waals surface area contributed by atoms with Crippen LogP contribution in [0.5, 0.6) is 17.2 Å². The van der Waals surface area contributed by atoms with Crippen molar-refractivity contribution in [1.82, 2.24) is 4.90 Å². The third-order valence-corrected chi connectivity index (χ3v) is 6.57. The first-order valence-electron chi connectivity index (χ1n) is 10.3. The average molecular weight is 458 g/mol. The van der Waals surface area contributed by atoms with Gasteiger partial charge in [-0.25, -0.2) is 0 Å². The summed E-state index contributed by atoms with van der Waals surface area (Å²) in [6.45, 7) is 4.16.